The molecule has 0 spiro atoms. The number of phenols is 1. The van der Waals surface area contributed by atoms with Crippen LogP contribution in [0.25, 0.3) is 11.1 Å². The quantitative estimate of drug-likeness (QED) is 0.860. The summed E-state index contributed by atoms with van der Waals surface area (Å²) in [5.41, 5.74) is 2.96. The summed E-state index contributed by atoms with van der Waals surface area (Å²) in [7, 11) is 0. The lowest BCUT2D eigenvalue weighted by Crippen LogP contribution is -1.97. The molecule has 0 aliphatic rings. The summed E-state index contributed by atoms with van der Waals surface area (Å²) in [5, 5.41) is 18.5. The molecule has 0 radical (unpaired) electrons. The van der Waals surface area contributed by atoms with Crippen LogP contribution in [-0.2, 0) is 6.42 Å². The van der Waals surface area contributed by atoms with E-state index in [1.807, 2.05) is 12.1 Å². The Morgan fingerprint density at radius 2 is 1.70 bits per heavy atom. The predicted octanol–water partition coefficient (Wildman–Crippen LogP) is 4.10. The molecule has 2 aromatic carbocycles. The number of carboxylic acid groups (broad SMARTS) is 1. The molecule has 0 fully saturated rings. The molecule has 0 saturated carbocycles. The van der Waals surface area contributed by atoms with E-state index >= 15 is 0 Å². The number of unbranched alkanes of at least 4 members (excludes halogenated alkanes) is 1. The number of aryl methyl sites for hydroxylation is 1. The number of rotatable bonds is 5. The number of aromatic hydroxyl groups is 1. The molecular weight excluding hydrogens is 252 g/mol. The lowest BCUT2D eigenvalue weighted by atomic mass is 10.00. The third-order valence-corrected chi connectivity index (χ3v) is 3.33. The van der Waals surface area contributed by atoms with Crippen molar-refractivity contribution >= 4 is 5.97 Å². The van der Waals surface area contributed by atoms with Crippen molar-refractivity contribution in [2.45, 2.75) is 26.2 Å². The summed E-state index contributed by atoms with van der Waals surface area (Å²) in [5.74, 6) is -1.33. The van der Waals surface area contributed by atoms with Crippen LogP contribution in [0.15, 0.2) is 42.5 Å². The van der Waals surface area contributed by atoms with Crippen LogP contribution in [0.1, 0.15) is 35.7 Å². The SMILES string of the molecule is CCCCc1ccc(-c2ccc(O)c(C(=O)O)c2)cc1. The van der Waals surface area contributed by atoms with Crippen molar-refractivity contribution in [1.82, 2.24) is 0 Å². The van der Waals surface area contributed by atoms with Crippen molar-refractivity contribution in [3.63, 3.8) is 0 Å². The molecule has 0 aromatic heterocycles. The topological polar surface area (TPSA) is 57.5 Å². The Hall–Kier alpha value is -2.29. The zero-order chi connectivity index (χ0) is 14.5. The minimum Gasteiger partial charge on any atom is -0.507 e. The van der Waals surface area contributed by atoms with Gasteiger partial charge in [-0.3, -0.25) is 0 Å². The highest BCUT2D eigenvalue weighted by Crippen LogP contribution is 2.26. The van der Waals surface area contributed by atoms with E-state index in [2.05, 4.69) is 19.1 Å². The Morgan fingerprint density at radius 1 is 1.05 bits per heavy atom. The van der Waals surface area contributed by atoms with Crippen molar-refractivity contribution in [3.05, 3.63) is 53.6 Å². The molecule has 104 valence electrons. The highest BCUT2D eigenvalue weighted by molar-refractivity contribution is 5.92. The molecule has 0 saturated heterocycles. The van der Waals surface area contributed by atoms with Crippen LogP contribution in [0.5, 0.6) is 5.75 Å². The van der Waals surface area contributed by atoms with Crippen molar-refractivity contribution in [3.8, 4) is 16.9 Å². The van der Waals surface area contributed by atoms with Crippen LogP contribution >= 0.6 is 0 Å². The van der Waals surface area contributed by atoms with E-state index in [-0.39, 0.29) is 11.3 Å². The molecule has 2 rings (SSSR count). The average molecular weight is 270 g/mol. The van der Waals surface area contributed by atoms with Crippen LogP contribution in [0, 0.1) is 0 Å². The van der Waals surface area contributed by atoms with Gasteiger partial charge in [-0.2, -0.15) is 0 Å². The molecule has 0 atom stereocenters. The first-order valence-electron chi connectivity index (χ1n) is 6.77. The molecule has 0 amide bonds. The fraction of sp³-hybridized carbons (Fsp3) is 0.235. The van der Waals surface area contributed by atoms with Crippen LogP contribution in [0.3, 0.4) is 0 Å². The van der Waals surface area contributed by atoms with Crippen LogP contribution < -0.4 is 0 Å². The molecule has 0 aliphatic carbocycles. The van der Waals surface area contributed by atoms with Crippen molar-refractivity contribution < 1.29 is 15.0 Å². The van der Waals surface area contributed by atoms with Crippen LogP contribution in [0.2, 0.25) is 0 Å². The fourth-order valence-electron chi connectivity index (χ4n) is 2.13. The Balaban J connectivity index is 2.27. The largest absolute Gasteiger partial charge is 0.507 e. The Bertz CT molecular complexity index is 600. The van der Waals surface area contributed by atoms with Gasteiger partial charge < -0.3 is 10.2 Å². The van der Waals surface area contributed by atoms with Gasteiger partial charge in [-0.25, -0.2) is 4.79 Å². The lowest BCUT2D eigenvalue weighted by Gasteiger charge is -2.06. The summed E-state index contributed by atoms with van der Waals surface area (Å²) in [6, 6.07) is 12.8. The van der Waals surface area contributed by atoms with Crippen molar-refractivity contribution in [2.75, 3.05) is 0 Å². The second kappa shape index (κ2) is 6.24. The van der Waals surface area contributed by atoms with E-state index in [0.717, 1.165) is 17.5 Å². The third kappa shape index (κ3) is 3.18. The second-order valence-corrected chi connectivity index (χ2v) is 4.84. The maximum absolute atomic E-state index is 11.0. The lowest BCUT2D eigenvalue weighted by molar-refractivity contribution is 0.0694. The molecule has 3 heteroatoms. The summed E-state index contributed by atoms with van der Waals surface area (Å²) >= 11 is 0. The second-order valence-electron chi connectivity index (χ2n) is 4.84. The van der Waals surface area contributed by atoms with Crippen molar-refractivity contribution in [2.24, 2.45) is 0 Å². The highest BCUT2D eigenvalue weighted by atomic mass is 16.4. The normalized spacial score (nSPS) is 10.4. The molecule has 0 unspecified atom stereocenters. The first-order valence-corrected chi connectivity index (χ1v) is 6.77. The van der Waals surface area contributed by atoms with Crippen LogP contribution in [0.4, 0.5) is 0 Å². The number of hydrogen-bond acceptors (Lipinski definition) is 2. The third-order valence-electron chi connectivity index (χ3n) is 3.33. The van der Waals surface area contributed by atoms with E-state index in [9.17, 15) is 9.90 Å². The van der Waals surface area contributed by atoms with Gasteiger partial charge in [0.2, 0.25) is 0 Å². The van der Waals surface area contributed by atoms with Gasteiger partial charge in [0.15, 0.2) is 0 Å². The Labute approximate surface area is 118 Å². The first kappa shape index (κ1) is 14.1. The summed E-state index contributed by atoms with van der Waals surface area (Å²) in [6.07, 6.45) is 3.40. The van der Waals surface area contributed by atoms with E-state index < -0.39 is 5.97 Å². The maximum atomic E-state index is 11.0. The number of hydrogen-bond donors (Lipinski definition) is 2. The zero-order valence-electron chi connectivity index (χ0n) is 11.5. The van der Waals surface area contributed by atoms with Gasteiger partial charge in [0, 0.05) is 0 Å². The highest BCUT2D eigenvalue weighted by Gasteiger charge is 2.10. The van der Waals surface area contributed by atoms with Gasteiger partial charge in [0.05, 0.1) is 0 Å². The molecule has 3 nitrogen and oxygen atoms in total. The Morgan fingerprint density at radius 3 is 2.30 bits per heavy atom. The van der Waals surface area contributed by atoms with Crippen molar-refractivity contribution in [1.29, 1.82) is 0 Å². The van der Waals surface area contributed by atoms with E-state index in [0.29, 0.717) is 0 Å². The number of benzene rings is 2. The standard InChI is InChI=1S/C17H18O3/c1-2-3-4-12-5-7-13(8-6-12)14-9-10-16(18)15(11-14)17(19)20/h5-11,18H,2-4H2,1H3,(H,19,20). The van der Waals surface area contributed by atoms with Crippen LogP contribution in [-0.4, -0.2) is 16.2 Å². The molecule has 0 aliphatic heterocycles. The first-order chi connectivity index (χ1) is 9.61. The van der Waals surface area contributed by atoms with Gasteiger partial charge >= 0.3 is 5.97 Å². The van der Waals surface area contributed by atoms with Gasteiger partial charge in [-0.15, -0.1) is 0 Å². The minimum atomic E-state index is -1.12. The maximum Gasteiger partial charge on any atom is 0.339 e. The number of carboxylic acids is 1. The molecule has 2 aromatic rings. The fourth-order valence-corrected chi connectivity index (χ4v) is 2.13. The number of aromatic carboxylic acids is 1. The summed E-state index contributed by atoms with van der Waals surface area (Å²) < 4.78 is 0. The van der Waals surface area contributed by atoms with E-state index in [1.165, 1.54) is 30.5 Å². The van der Waals surface area contributed by atoms with Gasteiger partial charge in [-0.05, 0) is 41.7 Å². The van der Waals surface area contributed by atoms with Gasteiger partial charge in [-0.1, -0.05) is 43.7 Å². The molecule has 2 N–H and O–H groups in total. The minimum absolute atomic E-state index is 0.0717. The molecular formula is C17H18O3. The summed E-state index contributed by atoms with van der Waals surface area (Å²) in [6.45, 7) is 2.16. The summed E-state index contributed by atoms with van der Waals surface area (Å²) in [4.78, 5) is 11.0. The Kier molecular flexibility index (Phi) is 4.41. The molecule has 20 heavy (non-hydrogen) atoms. The monoisotopic (exact) mass is 270 g/mol. The number of carbonyl (C=O) groups is 1. The predicted molar refractivity (Wildman–Crippen MR) is 79.1 cm³/mol. The molecule has 0 bridgehead atoms. The van der Waals surface area contributed by atoms with Gasteiger partial charge in [0.25, 0.3) is 0 Å². The zero-order valence-corrected chi connectivity index (χ0v) is 11.5. The smallest absolute Gasteiger partial charge is 0.339 e. The molecule has 0 heterocycles. The average Bonchev–Trinajstić information content (AvgIpc) is 2.46. The van der Waals surface area contributed by atoms with E-state index in [1.54, 1.807) is 6.07 Å². The van der Waals surface area contributed by atoms with Gasteiger partial charge in [0.1, 0.15) is 11.3 Å². The van der Waals surface area contributed by atoms with E-state index in [4.69, 9.17) is 5.11 Å².